The van der Waals surface area contributed by atoms with E-state index in [1.807, 2.05) is 12.1 Å². The number of piperazine rings is 2. The molecule has 2 aliphatic rings. The van der Waals surface area contributed by atoms with Crippen molar-refractivity contribution in [3.63, 3.8) is 0 Å². The first-order valence-corrected chi connectivity index (χ1v) is 15.1. The van der Waals surface area contributed by atoms with Gasteiger partial charge < -0.3 is 15.5 Å². The normalized spacial score (nSPS) is 17.6. The summed E-state index contributed by atoms with van der Waals surface area (Å²) in [6.07, 6.45) is 1.44. The fourth-order valence-corrected chi connectivity index (χ4v) is 6.53. The van der Waals surface area contributed by atoms with Gasteiger partial charge in [-0.3, -0.25) is 4.90 Å². The van der Waals surface area contributed by atoms with Gasteiger partial charge in [0.15, 0.2) is 0 Å². The molecule has 2 saturated heterocycles. The number of alkyl halides is 3. The highest BCUT2D eigenvalue weighted by molar-refractivity contribution is 7.89. The van der Waals surface area contributed by atoms with E-state index >= 15 is 0 Å². The van der Waals surface area contributed by atoms with Gasteiger partial charge in [0.25, 0.3) is 0 Å². The van der Waals surface area contributed by atoms with Crippen LogP contribution in [0.4, 0.5) is 19.0 Å². The van der Waals surface area contributed by atoms with E-state index in [1.165, 1.54) is 23.6 Å². The second-order valence-electron chi connectivity index (χ2n) is 10.3. The van der Waals surface area contributed by atoms with Crippen molar-refractivity contribution in [2.45, 2.75) is 43.3 Å². The Kier molecular flexibility index (Phi) is 14.1. The van der Waals surface area contributed by atoms with E-state index in [4.69, 9.17) is 5.73 Å². The fourth-order valence-electron chi connectivity index (χ4n) is 5.10. The maximum atomic E-state index is 13.2. The minimum absolute atomic E-state index is 0. The van der Waals surface area contributed by atoms with Gasteiger partial charge in [0.05, 0.1) is 10.5 Å². The number of nitrogens with zero attached hydrogens (tertiary/aromatic N) is 5. The SMILES string of the molecule is Cl.Cl.NCCCCCCN1CCN(Cc2ccc(S(=O)(=O)N3CCN(c4cc(C(F)(F)F)ccn4)CC3)cc2)CC1. The van der Waals surface area contributed by atoms with Crippen LogP contribution in [0.2, 0.25) is 0 Å². The van der Waals surface area contributed by atoms with Crippen molar-refractivity contribution in [2.24, 2.45) is 5.73 Å². The number of hydrogen-bond acceptors (Lipinski definition) is 7. The van der Waals surface area contributed by atoms with Crippen LogP contribution in [-0.2, 0) is 22.7 Å². The van der Waals surface area contributed by atoms with Gasteiger partial charge in [0.2, 0.25) is 10.0 Å². The molecule has 41 heavy (non-hydrogen) atoms. The Labute approximate surface area is 253 Å². The number of unbranched alkanes of at least 4 members (excludes halogenated alkanes) is 3. The average Bonchev–Trinajstić information content (AvgIpc) is 2.94. The van der Waals surface area contributed by atoms with Crippen LogP contribution in [-0.4, -0.2) is 93.0 Å². The Morgan fingerprint density at radius 3 is 2.02 bits per heavy atom. The summed E-state index contributed by atoms with van der Waals surface area (Å²) < 4.78 is 67.0. The molecular weight excluding hydrogens is 600 g/mol. The molecule has 2 fully saturated rings. The van der Waals surface area contributed by atoms with Crippen LogP contribution < -0.4 is 10.6 Å². The zero-order valence-corrected chi connectivity index (χ0v) is 25.6. The molecule has 2 N–H and O–H groups in total. The van der Waals surface area contributed by atoms with Gasteiger partial charge >= 0.3 is 6.18 Å². The van der Waals surface area contributed by atoms with Gasteiger partial charge in [-0.2, -0.15) is 17.5 Å². The van der Waals surface area contributed by atoms with Crippen molar-refractivity contribution in [2.75, 3.05) is 70.3 Å². The number of sulfonamides is 1. The van der Waals surface area contributed by atoms with Gasteiger partial charge in [0.1, 0.15) is 5.82 Å². The van der Waals surface area contributed by atoms with Crippen LogP contribution in [0.25, 0.3) is 0 Å². The highest BCUT2D eigenvalue weighted by Crippen LogP contribution is 2.31. The Hall–Kier alpha value is -1.67. The molecule has 4 rings (SSSR count). The number of nitrogens with two attached hydrogens (primary N) is 1. The second kappa shape index (κ2) is 16.3. The standard InChI is InChI=1S/C27H39F3N6O2S.2ClH/c28-27(29,30)24-9-11-32-26(21-24)35-17-19-36(20-18-35)39(37,38)25-7-5-23(6-8-25)22-34-15-13-33(14-16-34)12-4-2-1-3-10-31;;/h5-9,11,21H,1-4,10,12-20,22,31H2;2*1H. The van der Waals surface area contributed by atoms with E-state index in [1.54, 1.807) is 17.0 Å². The number of halogens is 5. The number of aromatic nitrogens is 1. The summed E-state index contributed by atoms with van der Waals surface area (Å²) in [5.74, 6) is 0.203. The summed E-state index contributed by atoms with van der Waals surface area (Å²) in [7, 11) is -3.69. The Balaban J connectivity index is 0.00000294. The zero-order chi connectivity index (χ0) is 27.9. The molecule has 0 saturated carbocycles. The van der Waals surface area contributed by atoms with Crippen molar-refractivity contribution in [3.05, 3.63) is 53.7 Å². The molecule has 2 aromatic rings. The largest absolute Gasteiger partial charge is 0.416 e. The molecular formula is C27H41Cl2F3N6O2S. The molecule has 0 spiro atoms. The lowest BCUT2D eigenvalue weighted by molar-refractivity contribution is -0.137. The molecule has 1 aromatic carbocycles. The zero-order valence-electron chi connectivity index (χ0n) is 23.1. The Morgan fingerprint density at radius 2 is 1.41 bits per heavy atom. The molecule has 0 bridgehead atoms. The minimum Gasteiger partial charge on any atom is -0.354 e. The van der Waals surface area contributed by atoms with Crippen LogP contribution >= 0.6 is 24.8 Å². The lowest BCUT2D eigenvalue weighted by Crippen LogP contribution is -2.49. The Bertz CT molecular complexity index is 1160. The van der Waals surface area contributed by atoms with Gasteiger partial charge in [-0.15, -0.1) is 24.8 Å². The number of benzene rings is 1. The third kappa shape index (κ3) is 9.94. The highest BCUT2D eigenvalue weighted by atomic mass is 35.5. The quantitative estimate of drug-likeness (QED) is 0.370. The average molecular weight is 642 g/mol. The maximum Gasteiger partial charge on any atom is 0.416 e. The van der Waals surface area contributed by atoms with E-state index in [-0.39, 0.29) is 61.7 Å². The van der Waals surface area contributed by atoms with E-state index in [9.17, 15) is 21.6 Å². The highest BCUT2D eigenvalue weighted by Gasteiger charge is 2.33. The Morgan fingerprint density at radius 1 is 0.805 bits per heavy atom. The molecule has 0 unspecified atom stereocenters. The predicted octanol–water partition coefficient (Wildman–Crippen LogP) is 4.09. The van der Waals surface area contributed by atoms with Gasteiger partial charge in [-0.1, -0.05) is 25.0 Å². The molecule has 14 heteroatoms. The molecule has 3 heterocycles. The third-order valence-electron chi connectivity index (χ3n) is 7.50. The van der Waals surface area contributed by atoms with Crippen LogP contribution in [0.15, 0.2) is 47.5 Å². The first-order valence-electron chi connectivity index (χ1n) is 13.7. The monoisotopic (exact) mass is 640 g/mol. The fraction of sp³-hybridized carbons (Fsp3) is 0.593. The predicted molar refractivity (Wildman–Crippen MR) is 160 cm³/mol. The molecule has 0 atom stereocenters. The number of anilines is 1. The molecule has 232 valence electrons. The van der Waals surface area contributed by atoms with Crippen LogP contribution in [0.5, 0.6) is 0 Å². The second-order valence-corrected chi connectivity index (χ2v) is 12.2. The van der Waals surface area contributed by atoms with Crippen LogP contribution in [0.1, 0.15) is 36.8 Å². The lowest BCUT2D eigenvalue weighted by atomic mass is 10.1. The van der Waals surface area contributed by atoms with E-state index in [2.05, 4.69) is 14.8 Å². The molecule has 0 aliphatic carbocycles. The number of hydrogen-bond donors (Lipinski definition) is 1. The maximum absolute atomic E-state index is 13.2. The summed E-state index contributed by atoms with van der Waals surface area (Å²) >= 11 is 0. The summed E-state index contributed by atoms with van der Waals surface area (Å²) in [6, 6.07) is 9.00. The van der Waals surface area contributed by atoms with Gasteiger partial charge in [-0.25, -0.2) is 13.4 Å². The van der Waals surface area contributed by atoms with Crippen molar-refractivity contribution in [1.29, 1.82) is 0 Å². The van der Waals surface area contributed by atoms with Crippen LogP contribution in [0.3, 0.4) is 0 Å². The smallest absolute Gasteiger partial charge is 0.354 e. The minimum atomic E-state index is -4.45. The van der Waals surface area contributed by atoms with E-state index in [0.717, 1.165) is 76.1 Å². The molecule has 8 nitrogen and oxygen atoms in total. The summed E-state index contributed by atoms with van der Waals surface area (Å²) in [5.41, 5.74) is 5.86. The summed E-state index contributed by atoms with van der Waals surface area (Å²) in [5, 5.41) is 0. The molecule has 2 aliphatic heterocycles. The van der Waals surface area contributed by atoms with Gasteiger partial charge in [-0.05, 0) is 55.8 Å². The first-order chi connectivity index (χ1) is 18.7. The van der Waals surface area contributed by atoms with E-state index < -0.39 is 21.8 Å². The van der Waals surface area contributed by atoms with E-state index in [0.29, 0.717) is 0 Å². The topological polar surface area (TPSA) is 86.0 Å². The third-order valence-corrected chi connectivity index (χ3v) is 9.41. The summed E-state index contributed by atoms with van der Waals surface area (Å²) in [4.78, 5) is 10.9. The number of rotatable bonds is 11. The molecule has 0 radical (unpaired) electrons. The van der Waals surface area contributed by atoms with Crippen molar-refractivity contribution < 1.29 is 21.6 Å². The molecule has 1 aromatic heterocycles. The van der Waals surface area contributed by atoms with Gasteiger partial charge in [0, 0.05) is 65.1 Å². The number of pyridine rings is 1. The van der Waals surface area contributed by atoms with Crippen molar-refractivity contribution in [1.82, 2.24) is 19.1 Å². The van der Waals surface area contributed by atoms with Crippen molar-refractivity contribution in [3.8, 4) is 0 Å². The molecule has 0 amide bonds. The van der Waals surface area contributed by atoms with Crippen LogP contribution in [0, 0.1) is 0 Å². The summed E-state index contributed by atoms with van der Waals surface area (Å²) in [6.45, 7) is 7.67. The first kappa shape index (κ1) is 35.5. The van der Waals surface area contributed by atoms with Crippen molar-refractivity contribution >= 4 is 40.7 Å². The lowest BCUT2D eigenvalue weighted by Gasteiger charge is -2.35.